The molecule has 2 N–H and O–H groups in total. The van der Waals surface area contributed by atoms with E-state index in [4.69, 9.17) is 21.1 Å². The molecule has 1 fully saturated rings. The molecule has 1 heterocycles. The molecular formula is C18H26ClN2O4+. The average molecular weight is 370 g/mol. The van der Waals surface area contributed by atoms with Crippen LogP contribution in [0, 0.1) is 5.92 Å². The Hall–Kier alpha value is -1.79. The van der Waals surface area contributed by atoms with Crippen LogP contribution in [-0.2, 0) is 14.3 Å². The summed E-state index contributed by atoms with van der Waals surface area (Å²) in [5.74, 6) is 0.177. The van der Waals surface area contributed by atoms with Gasteiger partial charge in [-0.1, -0.05) is 11.6 Å². The number of hydrogen-bond acceptors (Lipinski definition) is 4. The van der Waals surface area contributed by atoms with Crippen molar-refractivity contribution < 1.29 is 24.0 Å². The van der Waals surface area contributed by atoms with Gasteiger partial charge >= 0.3 is 5.97 Å². The van der Waals surface area contributed by atoms with E-state index < -0.39 is 0 Å². The molecule has 25 heavy (non-hydrogen) atoms. The smallest absolute Gasteiger partial charge is 0.314 e. The van der Waals surface area contributed by atoms with Crippen LogP contribution < -0.4 is 15.0 Å². The van der Waals surface area contributed by atoms with Gasteiger partial charge in [0.25, 0.3) is 5.91 Å². The van der Waals surface area contributed by atoms with Gasteiger partial charge in [-0.15, -0.1) is 0 Å². The second-order valence-corrected chi connectivity index (χ2v) is 6.67. The molecule has 0 aromatic heterocycles. The number of amides is 1. The third-order valence-corrected chi connectivity index (χ3v) is 4.90. The first-order valence-corrected chi connectivity index (χ1v) is 8.99. The lowest BCUT2D eigenvalue weighted by molar-refractivity contribution is -0.921. The van der Waals surface area contributed by atoms with Gasteiger partial charge in [0.05, 0.1) is 31.8 Å². The number of benzene rings is 1. The highest BCUT2D eigenvalue weighted by atomic mass is 35.5. The van der Waals surface area contributed by atoms with Crippen molar-refractivity contribution in [3.8, 4) is 5.75 Å². The minimum Gasteiger partial charge on any atom is -0.495 e. The predicted octanol–water partition coefficient (Wildman–Crippen LogP) is 1.53. The van der Waals surface area contributed by atoms with Crippen LogP contribution in [0.5, 0.6) is 5.75 Å². The Morgan fingerprint density at radius 2 is 2.20 bits per heavy atom. The van der Waals surface area contributed by atoms with Crippen molar-refractivity contribution in [3.05, 3.63) is 23.2 Å². The number of ether oxygens (including phenoxy) is 2. The van der Waals surface area contributed by atoms with Gasteiger partial charge in [0.2, 0.25) is 0 Å². The molecule has 0 radical (unpaired) electrons. The fourth-order valence-corrected chi connectivity index (χ4v) is 3.39. The molecule has 1 aliphatic heterocycles. The van der Waals surface area contributed by atoms with Crippen molar-refractivity contribution in [2.45, 2.75) is 32.7 Å². The first-order chi connectivity index (χ1) is 12.0. The van der Waals surface area contributed by atoms with Gasteiger partial charge in [0.1, 0.15) is 11.7 Å². The predicted molar refractivity (Wildman–Crippen MR) is 96.1 cm³/mol. The highest BCUT2D eigenvalue weighted by Gasteiger charge is 2.34. The highest BCUT2D eigenvalue weighted by molar-refractivity contribution is 6.32. The summed E-state index contributed by atoms with van der Waals surface area (Å²) in [7, 11) is 1.54. The fourth-order valence-electron chi connectivity index (χ4n) is 3.13. The second kappa shape index (κ2) is 9.06. The quantitative estimate of drug-likeness (QED) is 0.746. The maximum absolute atomic E-state index is 12.6. The first-order valence-electron chi connectivity index (χ1n) is 8.61. The normalized spacial score (nSPS) is 21.3. The fraction of sp³-hybridized carbons (Fsp3) is 0.556. The van der Waals surface area contributed by atoms with Crippen molar-refractivity contribution in [2.24, 2.45) is 5.92 Å². The van der Waals surface area contributed by atoms with Gasteiger partial charge in [-0.05, 0) is 44.9 Å². The lowest BCUT2D eigenvalue weighted by atomic mass is 9.97. The van der Waals surface area contributed by atoms with E-state index in [9.17, 15) is 9.59 Å². The van der Waals surface area contributed by atoms with Gasteiger partial charge in [-0.2, -0.15) is 0 Å². The molecule has 138 valence electrons. The Morgan fingerprint density at radius 3 is 2.84 bits per heavy atom. The monoisotopic (exact) mass is 369 g/mol. The number of hydrogen-bond donors (Lipinski definition) is 2. The Labute approximate surface area is 153 Å². The van der Waals surface area contributed by atoms with Gasteiger partial charge < -0.3 is 19.7 Å². The van der Waals surface area contributed by atoms with Crippen LogP contribution >= 0.6 is 11.6 Å². The summed E-state index contributed by atoms with van der Waals surface area (Å²) in [5, 5.41) is 3.33. The Kier molecular flexibility index (Phi) is 7.08. The highest BCUT2D eigenvalue weighted by Crippen LogP contribution is 2.27. The van der Waals surface area contributed by atoms with E-state index in [2.05, 4.69) is 5.32 Å². The number of likely N-dealkylation sites (tertiary alicyclic amines) is 1. The van der Waals surface area contributed by atoms with Gasteiger partial charge in [-0.25, -0.2) is 0 Å². The van der Waals surface area contributed by atoms with Crippen molar-refractivity contribution in [1.82, 2.24) is 0 Å². The molecule has 0 bridgehead atoms. The van der Waals surface area contributed by atoms with Crippen molar-refractivity contribution in [1.29, 1.82) is 0 Å². The molecule has 0 spiro atoms. The van der Waals surface area contributed by atoms with Crippen LogP contribution in [0.25, 0.3) is 0 Å². The molecule has 0 saturated carbocycles. The number of quaternary nitrogens is 1. The minimum atomic E-state index is -0.266. The van der Waals surface area contributed by atoms with Crippen LogP contribution in [0.2, 0.25) is 5.02 Å². The van der Waals surface area contributed by atoms with E-state index in [1.807, 2.05) is 6.92 Å². The summed E-state index contributed by atoms with van der Waals surface area (Å²) in [6.07, 6.45) is 1.73. The van der Waals surface area contributed by atoms with Crippen LogP contribution in [0.15, 0.2) is 18.2 Å². The van der Waals surface area contributed by atoms with Gasteiger partial charge in [-0.3, -0.25) is 9.59 Å². The molecule has 0 aliphatic carbocycles. The molecule has 2 rings (SSSR count). The van der Waals surface area contributed by atoms with Crippen LogP contribution in [0.1, 0.15) is 26.7 Å². The Morgan fingerprint density at radius 1 is 1.44 bits per heavy atom. The SMILES string of the molecule is CCOC(=O)[C@@H]1CCC[NH+]([C@@H](C)C(=O)Nc2ccc(OC)c(Cl)c2)C1. The molecular weight excluding hydrogens is 344 g/mol. The average Bonchev–Trinajstić information content (AvgIpc) is 2.61. The molecule has 3 atom stereocenters. The summed E-state index contributed by atoms with van der Waals surface area (Å²) >= 11 is 6.09. The minimum absolute atomic E-state index is 0.0965. The van der Waals surface area contributed by atoms with E-state index in [0.29, 0.717) is 29.6 Å². The molecule has 1 aromatic carbocycles. The third kappa shape index (κ3) is 5.09. The largest absolute Gasteiger partial charge is 0.495 e. The first kappa shape index (κ1) is 19.5. The van der Waals surface area contributed by atoms with Crippen molar-refractivity contribution in [2.75, 3.05) is 32.1 Å². The van der Waals surface area contributed by atoms with Crippen molar-refractivity contribution in [3.63, 3.8) is 0 Å². The zero-order chi connectivity index (χ0) is 18.4. The number of halogens is 1. The van der Waals surface area contributed by atoms with E-state index in [0.717, 1.165) is 24.3 Å². The Bertz CT molecular complexity index is 623. The molecule has 1 amide bonds. The second-order valence-electron chi connectivity index (χ2n) is 6.26. The maximum atomic E-state index is 12.6. The van der Waals surface area contributed by atoms with E-state index in [1.165, 1.54) is 0 Å². The number of carbonyl (C=O) groups excluding carboxylic acids is 2. The lowest BCUT2D eigenvalue weighted by Crippen LogP contribution is -3.18. The van der Waals surface area contributed by atoms with Gasteiger partial charge in [0.15, 0.2) is 6.04 Å². The van der Waals surface area contributed by atoms with Crippen LogP contribution in [0.3, 0.4) is 0 Å². The number of anilines is 1. The number of carbonyl (C=O) groups is 2. The lowest BCUT2D eigenvalue weighted by Gasteiger charge is -2.32. The summed E-state index contributed by atoms with van der Waals surface area (Å²) < 4.78 is 10.2. The summed E-state index contributed by atoms with van der Waals surface area (Å²) in [5.41, 5.74) is 0.626. The number of methoxy groups -OCH3 is 1. The molecule has 7 heteroatoms. The number of nitrogens with one attached hydrogen (secondary N) is 2. The maximum Gasteiger partial charge on any atom is 0.314 e. The number of esters is 1. The Balaban J connectivity index is 1.97. The number of piperidine rings is 1. The zero-order valence-corrected chi connectivity index (χ0v) is 15.7. The summed E-state index contributed by atoms with van der Waals surface area (Å²) in [6, 6.07) is 4.87. The summed E-state index contributed by atoms with van der Waals surface area (Å²) in [4.78, 5) is 25.6. The topological polar surface area (TPSA) is 69.1 Å². The molecule has 1 aromatic rings. The van der Waals surface area contributed by atoms with Crippen LogP contribution in [0.4, 0.5) is 5.69 Å². The standard InChI is InChI=1S/C18H25ClN2O4/c1-4-25-18(23)13-6-5-9-21(11-13)12(2)17(22)20-14-7-8-16(24-3)15(19)10-14/h7-8,10,12-13H,4-6,9,11H2,1-3H3,(H,20,22)/p+1/t12-,13+/m0/s1. The van der Waals surface area contributed by atoms with E-state index in [1.54, 1.807) is 32.2 Å². The number of rotatable bonds is 6. The van der Waals surface area contributed by atoms with E-state index in [-0.39, 0.29) is 23.8 Å². The van der Waals surface area contributed by atoms with Crippen LogP contribution in [-0.4, -0.2) is 44.7 Å². The van der Waals surface area contributed by atoms with Crippen molar-refractivity contribution >= 4 is 29.2 Å². The zero-order valence-electron chi connectivity index (χ0n) is 14.9. The molecule has 6 nitrogen and oxygen atoms in total. The summed E-state index contributed by atoms with van der Waals surface area (Å²) in [6.45, 7) is 5.56. The van der Waals surface area contributed by atoms with Gasteiger partial charge in [0, 0.05) is 5.69 Å². The molecule has 1 unspecified atom stereocenters. The molecule has 1 aliphatic rings. The molecule has 1 saturated heterocycles. The van der Waals surface area contributed by atoms with E-state index >= 15 is 0 Å². The third-order valence-electron chi connectivity index (χ3n) is 4.60.